The van der Waals surface area contributed by atoms with Gasteiger partial charge in [-0.05, 0) is 31.2 Å². The van der Waals surface area contributed by atoms with Crippen LogP contribution in [0, 0.1) is 6.92 Å². The van der Waals surface area contributed by atoms with Gasteiger partial charge in [0.15, 0.2) is 6.10 Å². The molecule has 0 aliphatic heterocycles. The van der Waals surface area contributed by atoms with Crippen LogP contribution in [-0.4, -0.2) is 32.2 Å². The van der Waals surface area contributed by atoms with Crippen LogP contribution in [0.25, 0.3) is 21.5 Å². The van der Waals surface area contributed by atoms with E-state index in [1.54, 1.807) is 29.5 Å². The quantitative estimate of drug-likeness (QED) is 0.465. The minimum absolute atomic E-state index is 0.301. The first-order valence-electron chi connectivity index (χ1n) is 8.56. The largest absolute Gasteiger partial charge is 0.383 e. The van der Waals surface area contributed by atoms with Gasteiger partial charge in [-0.1, -0.05) is 24.3 Å². The van der Waals surface area contributed by atoms with Gasteiger partial charge in [0.1, 0.15) is 11.1 Å². The number of nitrogens with zero attached hydrogens (tertiary/aromatic N) is 2. The molecule has 2 aromatic carbocycles. The van der Waals surface area contributed by atoms with Crippen LogP contribution in [0.4, 0.5) is 5.69 Å². The van der Waals surface area contributed by atoms with Gasteiger partial charge >= 0.3 is 0 Å². The zero-order valence-electron chi connectivity index (χ0n) is 14.9. The van der Waals surface area contributed by atoms with Gasteiger partial charge in [-0.15, -0.1) is 22.7 Å². The topological polar surface area (TPSA) is 95.3 Å². The number of carbonyl (C=O) groups excluding carboxylic acids is 1. The number of carbonyl (C=O) groups is 1. The summed E-state index contributed by atoms with van der Waals surface area (Å²) in [6.45, 7) is 1.93. The van der Waals surface area contributed by atoms with Crippen LogP contribution in [-0.2, 0) is 4.79 Å². The van der Waals surface area contributed by atoms with E-state index in [2.05, 4.69) is 15.3 Å². The van der Waals surface area contributed by atoms with E-state index in [9.17, 15) is 15.0 Å². The zero-order valence-corrected chi connectivity index (χ0v) is 16.5. The van der Waals surface area contributed by atoms with Gasteiger partial charge in [-0.3, -0.25) is 4.79 Å². The van der Waals surface area contributed by atoms with Gasteiger partial charge in [-0.25, -0.2) is 9.97 Å². The van der Waals surface area contributed by atoms with Gasteiger partial charge < -0.3 is 15.5 Å². The number of hydrogen-bond donors (Lipinski definition) is 3. The smallest absolute Gasteiger partial charge is 0.256 e. The number of aliphatic hydroxyl groups excluding tert-OH is 2. The van der Waals surface area contributed by atoms with Crippen LogP contribution in [0.15, 0.2) is 53.9 Å². The van der Waals surface area contributed by atoms with Crippen LogP contribution < -0.4 is 5.32 Å². The summed E-state index contributed by atoms with van der Waals surface area (Å²) in [5.74, 6) is -0.696. The highest BCUT2D eigenvalue weighted by molar-refractivity contribution is 7.18. The maximum absolute atomic E-state index is 12.4. The van der Waals surface area contributed by atoms with Crippen molar-refractivity contribution in [1.82, 2.24) is 9.97 Å². The molecule has 142 valence electrons. The van der Waals surface area contributed by atoms with Crippen LogP contribution in [0.3, 0.4) is 0 Å². The molecule has 0 aliphatic rings. The third-order valence-electron chi connectivity index (χ3n) is 4.18. The normalized spacial score (nSPS) is 13.4. The summed E-state index contributed by atoms with van der Waals surface area (Å²) < 4.78 is 0.885. The Morgan fingerprint density at radius 3 is 2.68 bits per heavy atom. The van der Waals surface area contributed by atoms with E-state index >= 15 is 0 Å². The molecule has 0 saturated carbocycles. The predicted octanol–water partition coefficient (Wildman–Crippen LogP) is 3.76. The molecule has 28 heavy (non-hydrogen) atoms. The first kappa shape index (κ1) is 18.7. The lowest BCUT2D eigenvalue weighted by Gasteiger charge is -2.15. The van der Waals surface area contributed by atoms with E-state index in [-0.39, 0.29) is 0 Å². The number of rotatable bonds is 5. The number of fused-ring (bicyclic) bond motifs is 1. The lowest BCUT2D eigenvalue weighted by molar-refractivity contribution is -0.129. The van der Waals surface area contributed by atoms with Crippen LogP contribution >= 0.6 is 22.7 Å². The van der Waals surface area contributed by atoms with Gasteiger partial charge in [0.05, 0.1) is 20.9 Å². The average Bonchev–Trinajstić information content (AvgIpc) is 3.33. The van der Waals surface area contributed by atoms with Crippen molar-refractivity contribution < 1.29 is 15.0 Å². The van der Waals surface area contributed by atoms with E-state index < -0.39 is 18.1 Å². The number of aliphatic hydroxyl groups is 2. The third-order valence-corrected chi connectivity index (χ3v) is 6.06. The fraction of sp³-hybridized carbons (Fsp3) is 0.150. The molecule has 2 aromatic heterocycles. The van der Waals surface area contributed by atoms with E-state index in [0.29, 0.717) is 10.7 Å². The number of aromatic nitrogens is 2. The molecule has 0 saturated heterocycles. The first-order valence-corrected chi connectivity index (χ1v) is 10.3. The molecule has 4 rings (SSSR count). The molecule has 8 heteroatoms. The van der Waals surface area contributed by atoms with Crippen LogP contribution in [0.2, 0.25) is 0 Å². The van der Waals surface area contributed by atoms with E-state index in [4.69, 9.17) is 0 Å². The molecule has 0 fully saturated rings. The van der Waals surface area contributed by atoms with E-state index in [1.807, 2.05) is 42.6 Å². The highest BCUT2D eigenvalue weighted by atomic mass is 32.1. The lowest BCUT2D eigenvalue weighted by Crippen LogP contribution is -2.33. The summed E-state index contributed by atoms with van der Waals surface area (Å²) in [7, 11) is 0. The number of aryl methyl sites for hydroxylation is 1. The Labute approximate surface area is 169 Å². The minimum atomic E-state index is -1.63. The minimum Gasteiger partial charge on any atom is -0.383 e. The number of para-hydroxylation sites is 1. The molecule has 0 spiro atoms. The Morgan fingerprint density at radius 2 is 1.93 bits per heavy atom. The van der Waals surface area contributed by atoms with Gasteiger partial charge in [-0.2, -0.15) is 0 Å². The van der Waals surface area contributed by atoms with Crippen LogP contribution in [0.5, 0.6) is 0 Å². The highest BCUT2D eigenvalue weighted by Gasteiger charge is 2.28. The Bertz CT molecular complexity index is 1110. The summed E-state index contributed by atoms with van der Waals surface area (Å²) in [5.41, 5.74) is 2.93. The van der Waals surface area contributed by atoms with Crippen molar-refractivity contribution in [2.45, 2.75) is 19.1 Å². The molecule has 0 aliphatic carbocycles. The Kier molecular flexibility index (Phi) is 5.19. The van der Waals surface area contributed by atoms with E-state index in [1.165, 1.54) is 11.3 Å². The van der Waals surface area contributed by atoms with Crippen molar-refractivity contribution >= 4 is 44.5 Å². The number of amides is 1. The van der Waals surface area contributed by atoms with Crippen molar-refractivity contribution in [1.29, 1.82) is 0 Å². The number of hydrogen-bond acceptors (Lipinski definition) is 7. The van der Waals surface area contributed by atoms with E-state index in [0.717, 1.165) is 26.5 Å². The molecule has 2 unspecified atom stereocenters. The summed E-state index contributed by atoms with van der Waals surface area (Å²) >= 11 is 2.80. The molecule has 0 radical (unpaired) electrons. The lowest BCUT2D eigenvalue weighted by atomic mass is 10.1. The van der Waals surface area contributed by atoms with Crippen LogP contribution in [0.1, 0.15) is 16.1 Å². The molecule has 2 atom stereocenters. The highest BCUT2D eigenvalue weighted by Crippen LogP contribution is 2.29. The number of nitrogens with one attached hydrogen (secondary N) is 1. The molecule has 2 heterocycles. The van der Waals surface area contributed by atoms with Gasteiger partial charge in [0, 0.05) is 16.6 Å². The Morgan fingerprint density at radius 1 is 1.11 bits per heavy atom. The van der Waals surface area contributed by atoms with Crippen molar-refractivity contribution in [3.63, 3.8) is 0 Å². The van der Waals surface area contributed by atoms with Crippen molar-refractivity contribution in [3.05, 3.63) is 63.9 Å². The number of benzene rings is 2. The third kappa shape index (κ3) is 3.81. The number of thiazole rings is 2. The first-order chi connectivity index (χ1) is 13.5. The Hall–Kier alpha value is -2.65. The monoisotopic (exact) mass is 411 g/mol. The second kappa shape index (κ2) is 7.76. The fourth-order valence-corrected chi connectivity index (χ4v) is 4.37. The maximum Gasteiger partial charge on any atom is 0.256 e. The fourth-order valence-electron chi connectivity index (χ4n) is 2.76. The molecule has 4 aromatic rings. The molecular formula is C20H17N3O3S2. The molecule has 3 N–H and O–H groups in total. The summed E-state index contributed by atoms with van der Waals surface area (Å²) in [4.78, 5) is 21.2. The van der Waals surface area contributed by atoms with Crippen molar-refractivity contribution in [2.24, 2.45) is 0 Å². The molecule has 0 bridgehead atoms. The molecule has 1 amide bonds. The summed E-state index contributed by atoms with van der Waals surface area (Å²) in [6.07, 6.45) is -3.03. The zero-order chi connectivity index (χ0) is 19.7. The van der Waals surface area contributed by atoms with Gasteiger partial charge in [0.2, 0.25) is 0 Å². The summed E-state index contributed by atoms with van der Waals surface area (Å²) in [5, 5.41) is 26.6. The average molecular weight is 412 g/mol. The Balaban J connectivity index is 1.49. The van der Waals surface area contributed by atoms with Gasteiger partial charge in [0.25, 0.3) is 5.91 Å². The second-order valence-corrected chi connectivity index (χ2v) is 8.36. The maximum atomic E-state index is 12.4. The van der Waals surface area contributed by atoms with Crippen molar-refractivity contribution in [3.8, 4) is 11.3 Å². The van der Waals surface area contributed by atoms with Crippen molar-refractivity contribution in [2.75, 3.05) is 5.32 Å². The standard InChI is InChI=1S/C20H17N3O3S2/c1-11-21-15(10-27-11)12-5-4-6-13(9-12)22-19(26)17(24)18(25)20-23-14-7-2-3-8-16(14)28-20/h2-10,17-18,24-25H,1H3,(H,22,26). The SMILES string of the molecule is Cc1nc(-c2cccc(NC(=O)C(O)C(O)c3nc4ccccc4s3)c2)cs1. The number of anilines is 1. The second-order valence-electron chi connectivity index (χ2n) is 6.23. The summed E-state index contributed by atoms with van der Waals surface area (Å²) in [6, 6.07) is 14.6. The molecular weight excluding hydrogens is 394 g/mol. The molecule has 6 nitrogen and oxygen atoms in total. The predicted molar refractivity (Wildman–Crippen MR) is 112 cm³/mol.